The minimum atomic E-state index is -3.19. The number of hydrogen-bond acceptors (Lipinski definition) is 4. The molecule has 2 aromatic carbocycles. The standard InChI is InChI=1S/C21H25FN4O2S/c1-3-12-29(27,28)25-11-10-24(15-16(25)2)20-8-9-21-17(13-20)14-23-26(21)19-6-4-18(22)5-7-19/h4-9,13-14,16H,3,10-12,15H2,1-2H3/t16-/m1/s1. The van der Waals surface area contributed by atoms with E-state index >= 15 is 0 Å². The van der Waals surface area contributed by atoms with Crippen molar-refractivity contribution in [1.82, 2.24) is 14.1 Å². The maximum Gasteiger partial charge on any atom is 0.214 e. The van der Waals surface area contributed by atoms with E-state index in [4.69, 9.17) is 0 Å². The number of nitrogens with zero attached hydrogens (tertiary/aromatic N) is 4. The highest BCUT2D eigenvalue weighted by Gasteiger charge is 2.32. The van der Waals surface area contributed by atoms with Gasteiger partial charge < -0.3 is 4.90 Å². The molecule has 0 radical (unpaired) electrons. The molecule has 1 fully saturated rings. The van der Waals surface area contributed by atoms with Gasteiger partial charge in [0, 0.05) is 36.7 Å². The number of piperazine rings is 1. The molecule has 0 amide bonds. The van der Waals surface area contributed by atoms with E-state index in [1.165, 1.54) is 12.1 Å². The highest BCUT2D eigenvalue weighted by atomic mass is 32.2. The van der Waals surface area contributed by atoms with Gasteiger partial charge in [0.15, 0.2) is 0 Å². The minimum absolute atomic E-state index is 0.0714. The first kappa shape index (κ1) is 19.8. The second-order valence-electron chi connectivity index (χ2n) is 7.50. The van der Waals surface area contributed by atoms with Gasteiger partial charge in [-0.1, -0.05) is 6.92 Å². The summed E-state index contributed by atoms with van der Waals surface area (Å²) in [7, 11) is -3.19. The van der Waals surface area contributed by atoms with Crippen LogP contribution in [0.3, 0.4) is 0 Å². The summed E-state index contributed by atoms with van der Waals surface area (Å²) in [4.78, 5) is 2.22. The van der Waals surface area contributed by atoms with Crippen LogP contribution in [0.4, 0.5) is 10.1 Å². The van der Waals surface area contributed by atoms with Crippen molar-refractivity contribution in [3.8, 4) is 5.69 Å². The van der Waals surface area contributed by atoms with Crippen molar-refractivity contribution >= 4 is 26.6 Å². The van der Waals surface area contributed by atoms with E-state index in [9.17, 15) is 12.8 Å². The SMILES string of the molecule is CCCS(=O)(=O)N1CCN(c2ccc3c(cnn3-c3ccc(F)cc3)c2)C[C@H]1C. The number of fused-ring (bicyclic) bond motifs is 1. The maximum atomic E-state index is 13.2. The van der Waals surface area contributed by atoms with E-state index in [1.807, 2.05) is 26.0 Å². The minimum Gasteiger partial charge on any atom is -0.369 e. The Morgan fingerprint density at radius 1 is 1.10 bits per heavy atom. The highest BCUT2D eigenvalue weighted by Crippen LogP contribution is 2.27. The fourth-order valence-corrected chi connectivity index (χ4v) is 5.69. The van der Waals surface area contributed by atoms with Crippen LogP contribution in [0.2, 0.25) is 0 Å². The number of hydrogen-bond donors (Lipinski definition) is 0. The lowest BCUT2D eigenvalue weighted by atomic mass is 10.1. The van der Waals surface area contributed by atoms with E-state index in [1.54, 1.807) is 27.3 Å². The quantitative estimate of drug-likeness (QED) is 0.640. The Labute approximate surface area is 170 Å². The maximum absolute atomic E-state index is 13.2. The molecule has 1 aliphatic rings. The van der Waals surface area contributed by atoms with Crippen LogP contribution in [0.15, 0.2) is 48.7 Å². The molecular weight excluding hydrogens is 391 g/mol. The Morgan fingerprint density at radius 3 is 2.52 bits per heavy atom. The van der Waals surface area contributed by atoms with E-state index in [-0.39, 0.29) is 17.6 Å². The van der Waals surface area contributed by atoms with E-state index in [0.29, 0.717) is 26.1 Å². The lowest BCUT2D eigenvalue weighted by Crippen LogP contribution is -2.54. The third-order valence-corrected chi connectivity index (χ3v) is 7.56. The van der Waals surface area contributed by atoms with Gasteiger partial charge in [0.1, 0.15) is 5.82 Å². The molecule has 2 heterocycles. The number of benzene rings is 2. The fraction of sp³-hybridized carbons (Fsp3) is 0.381. The lowest BCUT2D eigenvalue weighted by Gasteiger charge is -2.40. The van der Waals surface area contributed by atoms with Crippen molar-refractivity contribution in [2.24, 2.45) is 0 Å². The summed E-state index contributed by atoms with van der Waals surface area (Å²) in [6.07, 6.45) is 2.43. The predicted octanol–water partition coefficient (Wildman–Crippen LogP) is 3.41. The fourth-order valence-electron chi connectivity index (χ4n) is 3.97. The molecule has 1 atom stereocenters. The molecule has 1 aromatic heterocycles. The van der Waals surface area contributed by atoms with E-state index < -0.39 is 10.0 Å². The first-order valence-corrected chi connectivity index (χ1v) is 11.5. The summed E-state index contributed by atoms with van der Waals surface area (Å²) >= 11 is 0. The number of sulfonamides is 1. The van der Waals surface area contributed by atoms with Gasteiger partial charge in [-0.3, -0.25) is 0 Å². The molecule has 8 heteroatoms. The van der Waals surface area contributed by atoms with E-state index in [0.717, 1.165) is 22.3 Å². The summed E-state index contributed by atoms with van der Waals surface area (Å²) in [5.41, 5.74) is 2.80. The smallest absolute Gasteiger partial charge is 0.214 e. The molecule has 6 nitrogen and oxygen atoms in total. The van der Waals surface area contributed by atoms with Crippen molar-refractivity contribution in [2.45, 2.75) is 26.3 Å². The number of anilines is 1. The van der Waals surface area contributed by atoms with Crippen LogP contribution in [-0.2, 0) is 10.0 Å². The van der Waals surface area contributed by atoms with Crippen LogP contribution in [0.1, 0.15) is 20.3 Å². The van der Waals surface area contributed by atoms with Gasteiger partial charge in [0.25, 0.3) is 0 Å². The van der Waals surface area contributed by atoms with Crippen LogP contribution in [0, 0.1) is 5.82 Å². The van der Waals surface area contributed by atoms with E-state index in [2.05, 4.69) is 16.1 Å². The predicted molar refractivity (Wildman–Crippen MR) is 113 cm³/mol. The van der Waals surface area contributed by atoms with Gasteiger partial charge in [-0.15, -0.1) is 0 Å². The summed E-state index contributed by atoms with van der Waals surface area (Å²) in [5.74, 6) is -0.0759. The average molecular weight is 417 g/mol. The van der Waals surface area contributed by atoms with Gasteiger partial charge in [-0.2, -0.15) is 9.40 Å². The zero-order valence-corrected chi connectivity index (χ0v) is 17.4. The summed E-state index contributed by atoms with van der Waals surface area (Å²) in [5, 5.41) is 5.44. The largest absolute Gasteiger partial charge is 0.369 e. The molecule has 1 saturated heterocycles. The van der Waals surface area contributed by atoms with Crippen molar-refractivity contribution < 1.29 is 12.8 Å². The molecule has 0 bridgehead atoms. The summed E-state index contributed by atoms with van der Waals surface area (Å²) < 4.78 is 41.5. The van der Waals surface area contributed by atoms with Crippen molar-refractivity contribution in [1.29, 1.82) is 0 Å². The van der Waals surface area contributed by atoms with Gasteiger partial charge in [0.05, 0.1) is 23.2 Å². The Bertz CT molecular complexity index is 1110. The molecule has 154 valence electrons. The Morgan fingerprint density at radius 2 is 1.83 bits per heavy atom. The zero-order chi connectivity index (χ0) is 20.6. The van der Waals surface area contributed by atoms with Crippen LogP contribution in [0.25, 0.3) is 16.6 Å². The number of aromatic nitrogens is 2. The third kappa shape index (κ3) is 3.86. The Hall–Kier alpha value is -2.45. The molecule has 29 heavy (non-hydrogen) atoms. The van der Waals surface area contributed by atoms with Crippen LogP contribution in [0.5, 0.6) is 0 Å². The average Bonchev–Trinajstić information content (AvgIpc) is 3.11. The summed E-state index contributed by atoms with van der Waals surface area (Å²) in [6, 6.07) is 12.3. The first-order chi connectivity index (χ1) is 13.9. The second kappa shape index (κ2) is 7.76. The van der Waals surface area contributed by atoms with Crippen LogP contribution < -0.4 is 4.90 Å². The summed E-state index contributed by atoms with van der Waals surface area (Å²) in [6.45, 7) is 5.66. The number of halogens is 1. The number of rotatable bonds is 5. The molecule has 4 rings (SSSR count). The molecule has 0 spiro atoms. The molecule has 3 aromatic rings. The molecule has 0 N–H and O–H groups in total. The Kier molecular flexibility index (Phi) is 5.31. The van der Waals surface area contributed by atoms with Crippen LogP contribution >= 0.6 is 0 Å². The molecule has 0 unspecified atom stereocenters. The van der Waals surface area contributed by atoms with Crippen molar-refractivity contribution in [3.63, 3.8) is 0 Å². The highest BCUT2D eigenvalue weighted by molar-refractivity contribution is 7.89. The van der Waals surface area contributed by atoms with Gasteiger partial charge in [-0.25, -0.2) is 17.5 Å². The normalized spacial score (nSPS) is 18.4. The van der Waals surface area contributed by atoms with Gasteiger partial charge in [0.2, 0.25) is 10.0 Å². The van der Waals surface area contributed by atoms with Crippen molar-refractivity contribution in [2.75, 3.05) is 30.3 Å². The zero-order valence-electron chi connectivity index (χ0n) is 16.6. The third-order valence-electron chi connectivity index (χ3n) is 5.37. The molecular formula is C21H25FN4O2S. The monoisotopic (exact) mass is 416 g/mol. The second-order valence-corrected chi connectivity index (χ2v) is 9.54. The van der Waals surface area contributed by atoms with Gasteiger partial charge in [-0.05, 0) is 55.8 Å². The van der Waals surface area contributed by atoms with Gasteiger partial charge >= 0.3 is 0 Å². The van der Waals surface area contributed by atoms with Crippen LogP contribution in [-0.4, -0.2) is 53.9 Å². The topological polar surface area (TPSA) is 58.4 Å². The molecule has 0 saturated carbocycles. The lowest BCUT2D eigenvalue weighted by molar-refractivity contribution is 0.306. The first-order valence-electron chi connectivity index (χ1n) is 9.87. The Balaban J connectivity index is 1.56. The van der Waals surface area contributed by atoms with Crippen molar-refractivity contribution in [3.05, 3.63) is 54.5 Å². The molecule has 1 aliphatic heterocycles. The molecule has 0 aliphatic carbocycles.